The summed E-state index contributed by atoms with van der Waals surface area (Å²) in [5, 5.41) is 0. The van der Waals surface area contributed by atoms with E-state index in [9.17, 15) is 22.8 Å². The number of rotatable bonds is 3. The summed E-state index contributed by atoms with van der Waals surface area (Å²) < 4.78 is 45.5. The second-order valence-electron chi connectivity index (χ2n) is 6.58. The van der Waals surface area contributed by atoms with Gasteiger partial charge in [0.05, 0.1) is 5.41 Å². The molecule has 2 aliphatic rings. The first kappa shape index (κ1) is 18.8. The van der Waals surface area contributed by atoms with E-state index in [0.717, 1.165) is 0 Å². The van der Waals surface area contributed by atoms with E-state index in [2.05, 4.69) is 4.74 Å². The van der Waals surface area contributed by atoms with Crippen molar-refractivity contribution in [3.05, 3.63) is 24.3 Å². The number of anilines is 1. The molecule has 0 bridgehead atoms. The first-order valence-electron chi connectivity index (χ1n) is 8.22. The summed E-state index contributed by atoms with van der Waals surface area (Å²) in [6, 6.07) is 5.27. The van der Waals surface area contributed by atoms with Crippen LogP contribution >= 0.6 is 11.6 Å². The number of ether oxygens (including phenoxy) is 2. The van der Waals surface area contributed by atoms with Crippen LogP contribution in [0.5, 0.6) is 5.75 Å². The van der Waals surface area contributed by atoms with Gasteiger partial charge >= 0.3 is 11.8 Å². The molecule has 1 spiro atoms. The Morgan fingerprint density at radius 1 is 1.15 bits per heavy atom. The van der Waals surface area contributed by atoms with Gasteiger partial charge in [-0.1, -0.05) is 0 Å². The highest BCUT2D eigenvalue weighted by atomic mass is 35.5. The van der Waals surface area contributed by atoms with Gasteiger partial charge < -0.3 is 14.4 Å². The Morgan fingerprint density at radius 3 is 2.31 bits per heavy atom. The van der Waals surface area contributed by atoms with Gasteiger partial charge in [0.25, 0.3) is 0 Å². The fourth-order valence-corrected chi connectivity index (χ4v) is 3.88. The number of carbonyl (C=O) groups excluding carboxylic acids is 2. The van der Waals surface area contributed by atoms with Crippen molar-refractivity contribution in [2.75, 3.05) is 11.4 Å². The Balaban J connectivity index is 1.65. The zero-order chi connectivity index (χ0) is 18.9. The predicted octanol–water partition coefficient (Wildman–Crippen LogP) is 4.63. The van der Waals surface area contributed by atoms with Crippen LogP contribution in [-0.2, 0) is 9.53 Å². The van der Waals surface area contributed by atoms with Crippen LogP contribution in [0.2, 0.25) is 0 Å². The molecule has 0 radical (unpaired) electrons. The first-order chi connectivity index (χ1) is 12.2. The lowest BCUT2D eigenvalue weighted by Gasteiger charge is -2.35. The summed E-state index contributed by atoms with van der Waals surface area (Å²) in [5.41, 5.74) is -0.807. The monoisotopic (exact) mass is 391 g/mol. The largest absolute Gasteiger partial charge is 0.573 e. The van der Waals surface area contributed by atoms with Crippen LogP contribution in [0.1, 0.15) is 32.1 Å². The average Bonchev–Trinajstić information content (AvgIpc) is 2.86. The minimum Gasteiger partial charge on any atom is -0.450 e. The molecule has 1 saturated heterocycles. The smallest absolute Gasteiger partial charge is 0.450 e. The van der Waals surface area contributed by atoms with Gasteiger partial charge in [-0.15, -0.1) is 13.2 Å². The molecule has 0 aromatic heterocycles. The van der Waals surface area contributed by atoms with Crippen LogP contribution in [-0.4, -0.2) is 30.3 Å². The number of halogens is 4. The number of amides is 1. The SMILES string of the molecule is O=C(Cl)OC1CCC2(CC1)CCN(c1ccc(OC(F)(F)F)cc1)C2=O. The summed E-state index contributed by atoms with van der Waals surface area (Å²) in [6.07, 6.45) is -2.05. The standard InChI is InChI=1S/C17H17ClF3NO4/c18-15(24)25-12-5-7-16(8-6-12)9-10-22(14(16)23)11-1-3-13(4-2-11)26-17(19,20)21/h1-4,12H,5-10H2. The highest BCUT2D eigenvalue weighted by Crippen LogP contribution is 2.46. The molecule has 1 aromatic rings. The third-order valence-electron chi connectivity index (χ3n) is 5.04. The Morgan fingerprint density at radius 2 is 1.77 bits per heavy atom. The van der Waals surface area contributed by atoms with E-state index in [1.165, 1.54) is 24.3 Å². The molecule has 0 unspecified atom stereocenters. The third-order valence-corrected chi connectivity index (χ3v) is 5.13. The quantitative estimate of drug-likeness (QED) is 0.705. The molecule has 5 nitrogen and oxygen atoms in total. The van der Waals surface area contributed by atoms with Gasteiger partial charge in [-0.3, -0.25) is 4.79 Å². The van der Waals surface area contributed by atoms with Crippen molar-refractivity contribution in [2.45, 2.75) is 44.6 Å². The number of benzene rings is 1. The van der Waals surface area contributed by atoms with E-state index >= 15 is 0 Å². The molecule has 3 rings (SSSR count). The van der Waals surface area contributed by atoms with Gasteiger partial charge in [0, 0.05) is 23.8 Å². The highest BCUT2D eigenvalue weighted by molar-refractivity contribution is 6.61. The van der Waals surface area contributed by atoms with Crippen molar-refractivity contribution in [1.29, 1.82) is 0 Å². The molecule has 2 fully saturated rings. The fraction of sp³-hybridized carbons (Fsp3) is 0.529. The first-order valence-corrected chi connectivity index (χ1v) is 8.60. The molecule has 1 heterocycles. The van der Waals surface area contributed by atoms with Gasteiger partial charge in [0.1, 0.15) is 11.9 Å². The van der Waals surface area contributed by atoms with Crippen molar-refractivity contribution in [3.63, 3.8) is 0 Å². The zero-order valence-corrected chi connectivity index (χ0v) is 14.5. The van der Waals surface area contributed by atoms with Crippen molar-refractivity contribution in [3.8, 4) is 5.75 Å². The maximum absolute atomic E-state index is 12.9. The number of hydrogen-bond acceptors (Lipinski definition) is 4. The van der Waals surface area contributed by atoms with E-state index in [4.69, 9.17) is 16.3 Å². The van der Waals surface area contributed by atoms with Crippen molar-refractivity contribution < 1.29 is 32.2 Å². The summed E-state index contributed by atoms with van der Waals surface area (Å²) in [4.78, 5) is 25.3. The van der Waals surface area contributed by atoms with Crippen LogP contribution in [0.4, 0.5) is 23.7 Å². The van der Waals surface area contributed by atoms with Crippen LogP contribution in [0, 0.1) is 5.41 Å². The summed E-state index contributed by atoms with van der Waals surface area (Å²) in [6.45, 7) is 0.498. The lowest BCUT2D eigenvalue weighted by atomic mass is 9.72. The van der Waals surface area contributed by atoms with Gasteiger partial charge in [-0.2, -0.15) is 0 Å². The van der Waals surface area contributed by atoms with Crippen molar-refractivity contribution in [1.82, 2.24) is 0 Å². The molecule has 1 amide bonds. The van der Waals surface area contributed by atoms with Gasteiger partial charge in [-0.25, -0.2) is 4.79 Å². The second kappa shape index (κ2) is 6.98. The number of alkyl halides is 3. The lowest BCUT2D eigenvalue weighted by molar-refractivity contribution is -0.274. The van der Waals surface area contributed by atoms with Crippen LogP contribution in [0.25, 0.3) is 0 Å². The Labute approximate surface area is 153 Å². The lowest BCUT2D eigenvalue weighted by Crippen LogP contribution is -2.39. The molecule has 0 N–H and O–H groups in total. The zero-order valence-electron chi connectivity index (χ0n) is 13.7. The minimum absolute atomic E-state index is 0.0439. The molecular weight excluding hydrogens is 375 g/mol. The number of nitrogens with zero attached hydrogens (tertiary/aromatic N) is 1. The normalized spacial score (nSPS) is 26.2. The number of carbonyl (C=O) groups is 2. The molecular formula is C17H17ClF3NO4. The Hall–Kier alpha value is -1.96. The van der Waals surface area contributed by atoms with E-state index < -0.39 is 17.2 Å². The van der Waals surface area contributed by atoms with Crippen molar-refractivity contribution in [2.24, 2.45) is 5.41 Å². The molecule has 142 valence electrons. The third kappa shape index (κ3) is 4.06. The van der Waals surface area contributed by atoms with Crippen LogP contribution in [0.3, 0.4) is 0 Å². The molecule has 9 heteroatoms. The second-order valence-corrected chi connectivity index (χ2v) is 6.89. The molecule has 0 atom stereocenters. The molecule has 1 saturated carbocycles. The molecule has 1 aliphatic heterocycles. The maximum atomic E-state index is 12.9. The summed E-state index contributed by atoms with van der Waals surface area (Å²) >= 11 is 5.23. The topological polar surface area (TPSA) is 55.8 Å². The van der Waals surface area contributed by atoms with E-state index in [1.807, 2.05) is 0 Å². The van der Waals surface area contributed by atoms with Gasteiger partial charge in [0.15, 0.2) is 0 Å². The Kier molecular flexibility index (Phi) is 5.05. The molecule has 1 aliphatic carbocycles. The molecule has 26 heavy (non-hydrogen) atoms. The van der Waals surface area contributed by atoms with E-state index in [0.29, 0.717) is 44.3 Å². The number of hydrogen-bond donors (Lipinski definition) is 0. The summed E-state index contributed by atoms with van der Waals surface area (Å²) in [7, 11) is 0. The van der Waals surface area contributed by atoms with Crippen LogP contribution in [0.15, 0.2) is 24.3 Å². The fourth-order valence-electron chi connectivity index (χ4n) is 3.75. The minimum atomic E-state index is -4.75. The van der Waals surface area contributed by atoms with Gasteiger partial charge in [-0.05, 0) is 56.4 Å². The van der Waals surface area contributed by atoms with Gasteiger partial charge in [0.2, 0.25) is 5.91 Å². The maximum Gasteiger partial charge on any atom is 0.573 e. The van der Waals surface area contributed by atoms with Crippen molar-refractivity contribution >= 4 is 28.6 Å². The van der Waals surface area contributed by atoms with Crippen LogP contribution < -0.4 is 9.64 Å². The highest BCUT2D eigenvalue weighted by Gasteiger charge is 2.49. The molecule has 1 aromatic carbocycles. The van der Waals surface area contributed by atoms with E-state index in [1.54, 1.807) is 4.90 Å². The Bertz CT molecular complexity index is 684. The average molecular weight is 392 g/mol. The summed E-state index contributed by atoms with van der Waals surface area (Å²) in [5.74, 6) is -0.372. The predicted molar refractivity (Wildman–Crippen MR) is 87.1 cm³/mol. The van der Waals surface area contributed by atoms with E-state index in [-0.39, 0.29) is 17.8 Å².